The van der Waals surface area contributed by atoms with Gasteiger partial charge in [-0.2, -0.15) is 0 Å². The fourth-order valence-electron chi connectivity index (χ4n) is 4.75. The van der Waals surface area contributed by atoms with E-state index in [1.54, 1.807) is 0 Å². The second kappa shape index (κ2) is 10.2. The van der Waals surface area contributed by atoms with Gasteiger partial charge in [-0.05, 0) is 49.8 Å². The van der Waals surface area contributed by atoms with Gasteiger partial charge in [0.1, 0.15) is 0 Å². The van der Waals surface area contributed by atoms with Crippen LogP contribution in [0.5, 0.6) is 0 Å². The first kappa shape index (κ1) is 21.0. The number of carbonyl (C=O) groups excluding carboxylic acids is 1. The number of benzene rings is 1. The van der Waals surface area contributed by atoms with Crippen LogP contribution >= 0.6 is 0 Å². The van der Waals surface area contributed by atoms with Gasteiger partial charge in [-0.25, -0.2) is 0 Å². The Kier molecular flexibility index (Phi) is 7.13. The summed E-state index contributed by atoms with van der Waals surface area (Å²) in [4.78, 5) is 24.4. The Morgan fingerprint density at radius 1 is 0.967 bits per heavy atom. The van der Waals surface area contributed by atoms with Crippen LogP contribution in [-0.4, -0.2) is 70.9 Å². The van der Waals surface area contributed by atoms with Gasteiger partial charge in [-0.15, -0.1) is 0 Å². The lowest BCUT2D eigenvalue weighted by Crippen LogP contribution is -2.55. The number of piperazine rings is 1. The standard InChI is InChI=1S/C25H34N4O/c1-21(28-17-15-27(16-18-28)20-24-9-5-6-12-26-24)25(30)29-13-10-23(11-14-29)19-22-7-3-2-4-8-22/h2-9,12,21,23H,10-11,13-20H2,1H3. The molecule has 0 bridgehead atoms. The van der Waals surface area contributed by atoms with E-state index in [4.69, 9.17) is 0 Å². The summed E-state index contributed by atoms with van der Waals surface area (Å²) in [6.07, 6.45) is 5.22. The molecule has 2 aromatic rings. The molecule has 0 spiro atoms. The summed E-state index contributed by atoms with van der Waals surface area (Å²) < 4.78 is 0. The van der Waals surface area contributed by atoms with E-state index >= 15 is 0 Å². The number of pyridine rings is 1. The topological polar surface area (TPSA) is 39.7 Å². The van der Waals surface area contributed by atoms with Crippen LogP contribution in [0.4, 0.5) is 0 Å². The number of rotatable bonds is 6. The van der Waals surface area contributed by atoms with Crippen molar-refractivity contribution in [2.45, 2.75) is 38.8 Å². The number of amides is 1. The zero-order valence-electron chi connectivity index (χ0n) is 18.1. The first-order valence-corrected chi connectivity index (χ1v) is 11.4. The van der Waals surface area contributed by atoms with E-state index in [9.17, 15) is 4.79 Å². The summed E-state index contributed by atoms with van der Waals surface area (Å²) in [6, 6.07) is 16.8. The normalized spacial score (nSPS) is 20.2. The van der Waals surface area contributed by atoms with Gasteiger partial charge in [0.2, 0.25) is 5.91 Å². The first-order valence-electron chi connectivity index (χ1n) is 11.4. The molecular weight excluding hydrogens is 372 g/mol. The Labute approximate surface area is 180 Å². The summed E-state index contributed by atoms with van der Waals surface area (Å²) in [7, 11) is 0. The zero-order chi connectivity index (χ0) is 20.8. The zero-order valence-corrected chi connectivity index (χ0v) is 18.1. The van der Waals surface area contributed by atoms with E-state index in [1.165, 1.54) is 5.56 Å². The highest BCUT2D eigenvalue weighted by atomic mass is 16.2. The predicted octanol–water partition coefficient (Wildman–Crippen LogP) is 3.07. The molecule has 1 unspecified atom stereocenters. The van der Waals surface area contributed by atoms with Crippen molar-refractivity contribution in [1.29, 1.82) is 0 Å². The van der Waals surface area contributed by atoms with Gasteiger partial charge >= 0.3 is 0 Å². The Morgan fingerprint density at radius 3 is 2.33 bits per heavy atom. The summed E-state index contributed by atoms with van der Waals surface area (Å²) in [5.41, 5.74) is 2.53. The number of aromatic nitrogens is 1. The minimum atomic E-state index is -0.0207. The fourth-order valence-corrected chi connectivity index (χ4v) is 4.75. The van der Waals surface area contributed by atoms with Gasteiger partial charge in [0.05, 0.1) is 11.7 Å². The molecule has 0 saturated carbocycles. The number of hydrogen-bond acceptors (Lipinski definition) is 4. The molecule has 30 heavy (non-hydrogen) atoms. The maximum atomic E-state index is 13.1. The third-order valence-corrected chi connectivity index (χ3v) is 6.72. The maximum Gasteiger partial charge on any atom is 0.239 e. The highest BCUT2D eigenvalue weighted by Crippen LogP contribution is 2.23. The lowest BCUT2D eigenvalue weighted by molar-refractivity contribution is -0.138. The van der Waals surface area contributed by atoms with E-state index < -0.39 is 0 Å². The van der Waals surface area contributed by atoms with Gasteiger partial charge in [-0.3, -0.25) is 19.6 Å². The lowest BCUT2D eigenvalue weighted by Gasteiger charge is -2.40. The van der Waals surface area contributed by atoms with Crippen LogP contribution in [0.25, 0.3) is 0 Å². The van der Waals surface area contributed by atoms with Gasteiger partial charge < -0.3 is 4.90 Å². The Bertz CT molecular complexity index is 781. The second-order valence-corrected chi connectivity index (χ2v) is 8.77. The van der Waals surface area contributed by atoms with E-state index in [0.717, 1.165) is 70.8 Å². The van der Waals surface area contributed by atoms with E-state index in [-0.39, 0.29) is 6.04 Å². The van der Waals surface area contributed by atoms with Crippen molar-refractivity contribution in [3.8, 4) is 0 Å². The van der Waals surface area contributed by atoms with Crippen molar-refractivity contribution in [2.75, 3.05) is 39.3 Å². The van der Waals surface area contributed by atoms with Crippen molar-refractivity contribution >= 4 is 5.91 Å². The van der Waals surface area contributed by atoms with Gasteiger partial charge in [-0.1, -0.05) is 36.4 Å². The fraction of sp³-hybridized carbons (Fsp3) is 0.520. The minimum absolute atomic E-state index is 0.0207. The molecule has 0 aliphatic carbocycles. The number of likely N-dealkylation sites (tertiary alicyclic amines) is 1. The molecule has 160 valence electrons. The van der Waals surface area contributed by atoms with Crippen LogP contribution in [0, 0.1) is 5.92 Å². The Morgan fingerprint density at radius 2 is 1.67 bits per heavy atom. The van der Waals surface area contributed by atoms with Crippen LogP contribution in [-0.2, 0) is 17.8 Å². The van der Waals surface area contributed by atoms with Gasteiger partial charge in [0.15, 0.2) is 0 Å². The monoisotopic (exact) mass is 406 g/mol. The predicted molar refractivity (Wildman–Crippen MR) is 120 cm³/mol. The van der Waals surface area contributed by atoms with Crippen molar-refractivity contribution in [1.82, 2.24) is 19.7 Å². The Hall–Kier alpha value is -2.24. The minimum Gasteiger partial charge on any atom is -0.341 e. The number of nitrogens with zero attached hydrogens (tertiary/aromatic N) is 4. The molecule has 4 rings (SSSR count). The van der Waals surface area contributed by atoms with Crippen LogP contribution in [0.2, 0.25) is 0 Å². The van der Waals surface area contributed by atoms with Crippen molar-refractivity contribution in [2.24, 2.45) is 5.92 Å². The first-order chi connectivity index (χ1) is 14.7. The lowest BCUT2D eigenvalue weighted by atomic mass is 9.90. The molecule has 0 radical (unpaired) electrons. The highest BCUT2D eigenvalue weighted by Gasteiger charge is 2.31. The summed E-state index contributed by atoms with van der Waals surface area (Å²) >= 11 is 0. The molecule has 2 saturated heterocycles. The third kappa shape index (κ3) is 5.46. The van der Waals surface area contributed by atoms with E-state index in [2.05, 4.69) is 63.0 Å². The quantitative estimate of drug-likeness (QED) is 0.739. The molecule has 1 atom stereocenters. The highest BCUT2D eigenvalue weighted by molar-refractivity contribution is 5.81. The molecule has 0 N–H and O–H groups in total. The second-order valence-electron chi connectivity index (χ2n) is 8.77. The number of piperidine rings is 1. The number of carbonyl (C=O) groups is 1. The average molecular weight is 407 g/mol. The maximum absolute atomic E-state index is 13.1. The summed E-state index contributed by atoms with van der Waals surface area (Å²) in [5.74, 6) is 1.01. The third-order valence-electron chi connectivity index (χ3n) is 6.72. The molecular formula is C25H34N4O. The molecule has 5 nitrogen and oxygen atoms in total. The van der Waals surface area contributed by atoms with Crippen LogP contribution in [0.15, 0.2) is 54.7 Å². The molecule has 5 heteroatoms. The van der Waals surface area contributed by atoms with Crippen LogP contribution in [0.3, 0.4) is 0 Å². The molecule has 2 fully saturated rings. The van der Waals surface area contributed by atoms with E-state index in [0.29, 0.717) is 11.8 Å². The smallest absolute Gasteiger partial charge is 0.239 e. The van der Waals surface area contributed by atoms with Crippen molar-refractivity contribution < 1.29 is 4.79 Å². The van der Waals surface area contributed by atoms with Crippen LogP contribution < -0.4 is 0 Å². The molecule has 1 amide bonds. The van der Waals surface area contributed by atoms with E-state index in [1.807, 2.05) is 18.3 Å². The van der Waals surface area contributed by atoms with Gasteiger partial charge in [0, 0.05) is 52.0 Å². The average Bonchev–Trinajstić information content (AvgIpc) is 2.80. The summed E-state index contributed by atoms with van der Waals surface area (Å²) in [5, 5.41) is 0. The molecule has 2 aliphatic rings. The number of hydrogen-bond donors (Lipinski definition) is 0. The van der Waals surface area contributed by atoms with Crippen molar-refractivity contribution in [3.05, 3.63) is 66.0 Å². The van der Waals surface area contributed by atoms with Gasteiger partial charge in [0.25, 0.3) is 0 Å². The largest absolute Gasteiger partial charge is 0.341 e. The summed E-state index contributed by atoms with van der Waals surface area (Å²) in [6.45, 7) is 8.68. The molecule has 1 aromatic heterocycles. The molecule has 3 heterocycles. The molecule has 1 aromatic carbocycles. The van der Waals surface area contributed by atoms with Crippen molar-refractivity contribution in [3.63, 3.8) is 0 Å². The SMILES string of the molecule is CC(C(=O)N1CCC(Cc2ccccc2)CC1)N1CCN(Cc2ccccn2)CC1. The molecule has 2 aliphatic heterocycles. The Balaban J connectivity index is 1.21. The van der Waals surface area contributed by atoms with Crippen LogP contribution in [0.1, 0.15) is 31.0 Å².